The first-order valence-electron chi connectivity index (χ1n) is 9.37. The molecule has 3 heterocycles. The number of hydrogen-bond donors (Lipinski definition) is 1. The Morgan fingerprint density at radius 2 is 1.79 bits per heavy atom. The Balaban J connectivity index is 1.31. The second-order valence-corrected chi connectivity index (χ2v) is 7.00. The molecule has 1 fully saturated rings. The van der Waals surface area contributed by atoms with Crippen molar-refractivity contribution in [2.75, 3.05) is 13.1 Å². The van der Waals surface area contributed by atoms with Gasteiger partial charge in [-0.15, -0.1) is 0 Å². The van der Waals surface area contributed by atoms with Crippen LogP contribution in [0, 0.1) is 6.92 Å². The van der Waals surface area contributed by atoms with Crippen LogP contribution in [0.1, 0.15) is 39.4 Å². The minimum atomic E-state index is -0.123. The first-order valence-corrected chi connectivity index (χ1v) is 9.37. The highest BCUT2D eigenvalue weighted by Gasteiger charge is 2.26. The third kappa shape index (κ3) is 3.83. The van der Waals surface area contributed by atoms with Gasteiger partial charge in [0.15, 0.2) is 5.69 Å². The number of aromatic nitrogens is 2. The maximum atomic E-state index is 12.5. The normalized spacial score (nSPS) is 14.8. The fourth-order valence-corrected chi connectivity index (χ4v) is 3.42. The molecule has 1 aliphatic rings. The van der Waals surface area contributed by atoms with Crippen LogP contribution in [0.5, 0.6) is 0 Å². The summed E-state index contributed by atoms with van der Waals surface area (Å²) in [5.41, 5.74) is 1.98. The first-order chi connectivity index (χ1) is 13.6. The van der Waals surface area contributed by atoms with E-state index in [9.17, 15) is 9.59 Å². The van der Waals surface area contributed by atoms with Crippen molar-refractivity contribution in [2.45, 2.75) is 25.8 Å². The van der Waals surface area contributed by atoms with E-state index in [-0.39, 0.29) is 17.9 Å². The van der Waals surface area contributed by atoms with Crippen molar-refractivity contribution in [3.8, 4) is 5.69 Å². The van der Waals surface area contributed by atoms with Gasteiger partial charge in [-0.25, -0.2) is 0 Å². The number of carbonyl (C=O) groups excluding carboxylic acids is 2. The molecule has 0 spiro atoms. The Labute approximate surface area is 162 Å². The van der Waals surface area contributed by atoms with Gasteiger partial charge in [-0.1, -0.05) is 5.16 Å². The number of carbonyl (C=O) groups is 2. The van der Waals surface area contributed by atoms with Crippen LogP contribution in [-0.2, 0) is 0 Å². The van der Waals surface area contributed by atoms with Gasteiger partial charge in [0.05, 0.1) is 0 Å². The third-order valence-electron chi connectivity index (χ3n) is 5.00. The lowest BCUT2D eigenvalue weighted by Gasteiger charge is -2.31. The molecule has 1 aliphatic heterocycles. The molecule has 1 N–H and O–H groups in total. The monoisotopic (exact) mass is 378 g/mol. The summed E-state index contributed by atoms with van der Waals surface area (Å²) >= 11 is 0. The summed E-state index contributed by atoms with van der Waals surface area (Å²) in [4.78, 5) is 26.7. The molecule has 2 aromatic heterocycles. The Morgan fingerprint density at radius 3 is 2.39 bits per heavy atom. The van der Waals surface area contributed by atoms with Gasteiger partial charge < -0.3 is 19.3 Å². The van der Waals surface area contributed by atoms with E-state index in [4.69, 9.17) is 4.52 Å². The van der Waals surface area contributed by atoms with Crippen LogP contribution in [0.25, 0.3) is 5.69 Å². The lowest BCUT2D eigenvalue weighted by molar-refractivity contribution is 0.0688. The Hall–Kier alpha value is -3.35. The predicted octanol–water partition coefficient (Wildman–Crippen LogP) is 2.81. The summed E-state index contributed by atoms with van der Waals surface area (Å²) in [7, 11) is 0. The zero-order valence-electron chi connectivity index (χ0n) is 15.7. The predicted molar refractivity (Wildman–Crippen MR) is 103 cm³/mol. The van der Waals surface area contributed by atoms with Crippen molar-refractivity contribution in [2.24, 2.45) is 0 Å². The van der Waals surface area contributed by atoms with E-state index in [2.05, 4.69) is 10.5 Å². The summed E-state index contributed by atoms with van der Waals surface area (Å²) in [5, 5.41) is 6.86. The molecule has 3 aromatic rings. The van der Waals surface area contributed by atoms with Crippen LogP contribution in [0.15, 0.2) is 59.4 Å². The van der Waals surface area contributed by atoms with Crippen LogP contribution >= 0.6 is 0 Å². The second kappa shape index (κ2) is 7.72. The van der Waals surface area contributed by atoms with E-state index in [0.29, 0.717) is 30.1 Å². The van der Waals surface area contributed by atoms with E-state index in [1.165, 1.54) is 0 Å². The van der Waals surface area contributed by atoms with Gasteiger partial charge >= 0.3 is 0 Å². The zero-order chi connectivity index (χ0) is 19.5. The zero-order valence-corrected chi connectivity index (χ0v) is 15.7. The highest BCUT2D eigenvalue weighted by Crippen LogP contribution is 2.16. The second-order valence-electron chi connectivity index (χ2n) is 7.00. The van der Waals surface area contributed by atoms with E-state index in [1.54, 1.807) is 17.9 Å². The lowest BCUT2D eigenvalue weighted by Crippen LogP contribution is -2.46. The molecule has 4 rings (SSSR count). The number of rotatable bonds is 4. The first kappa shape index (κ1) is 18.0. The average molecular weight is 378 g/mol. The largest absolute Gasteiger partial charge is 0.361 e. The van der Waals surface area contributed by atoms with Gasteiger partial charge in [0.1, 0.15) is 5.76 Å². The van der Waals surface area contributed by atoms with Crippen molar-refractivity contribution < 1.29 is 14.1 Å². The molecule has 1 saturated heterocycles. The summed E-state index contributed by atoms with van der Waals surface area (Å²) in [5.74, 6) is 0.409. The number of benzene rings is 1. The maximum Gasteiger partial charge on any atom is 0.276 e. The minimum absolute atomic E-state index is 0.0553. The standard InChI is InChI=1S/C21H22N4O3/c1-15-14-19(23-28-15)21(27)25-12-8-17(9-13-25)22-20(26)16-4-6-18(7-5-16)24-10-2-3-11-24/h2-7,10-11,14,17H,8-9,12-13H2,1H3,(H,22,26). The summed E-state index contributed by atoms with van der Waals surface area (Å²) in [6.07, 6.45) is 5.36. The van der Waals surface area contributed by atoms with Gasteiger partial charge in [-0.05, 0) is 56.2 Å². The van der Waals surface area contributed by atoms with E-state index >= 15 is 0 Å². The smallest absolute Gasteiger partial charge is 0.276 e. The maximum absolute atomic E-state index is 12.5. The van der Waals surface area contributed by atoms with Gasteiger partial charge in [0, 0.05) is 48.8 Å². The highest BCUT2D eigenvalue weighted by atomic mass is 16.5. The van der Waals surface area contributed by atoms with Crippen LogP contribution < -0.4 is 5.32 Å². The van der Waals surface area contributed by atoms with Crippen molar-refractivity contribution in [3.05, 3.63) is 71.9 Å². The molecule has 28 heavy (non-hydrogen) atoms. The highest BCUT2D eigenvalue weighted by molar-refractivity contribution is 5.94. The van der Waals surface area contributed by atoms with Crippen molar-refractivity contribution in [3.63, 3.8) is 0 Å². The fourth-order valence-electron chi connectivity index (χ4n) is 3.42. The SMILES string of the molecule is Cc1cc(C(=O)N2CCC(NC(=O)c3ccc(-n4cccc4)cc3)CC2)no1. The van der Waals surface area contributed by atoms with Crippen molar-refractivity contribution in [1.82, 2.24) is 19.9 Å². The number of piperidine rings is 1. The van der Waals surface area contributed by atoms with Gasteiger partial charge in [0.2, 0.25) is 0 Å². The molecule has 0 aliphatic carbocycles. The quantitative estimate of drug-likeness (QED) is 0.757. The summed E-state index contributed by atoms with van der Waals surface area (Å²) in [6.45, 7) is 2.93. The summed E-state index contributed by atoms with van der Waals surface area (Å²) < 4.78 is 6.97. The molecule has 144 valence electrons. The number of likely N-dealkylation sites (tertiary alicyclic amines) is 1. The molecule has 0 unspecified atom stereocenters. The van der Waals surface area contributed by atoms with Gasteiger partial charge in [-0.2, -0.15) is 0 Å². The molecule has 7 heteroatoms. The number of aryl methyl sites for hydroxylation is 1. The third-order valence-corrected chi connectivity index (χ3v) is 5.00. The number of nitrogens with one attached hydrogen (secondary N) is 1. The molecule has 7 nitrogen and oxygen atoms in total. The molecule has 0 radical (unpaired) electrons. The van der Waals surface area contributed by atoms with Crippen LogP contribution in [-0.4, -0.2) is 45.6 Å². The minimum Gasteiger partial charge on any atom is -0.361 e. The number of nitrogens with zero attached hydrogens (tertiary/aromatic N) is 3. The van der Waals surface area contributed by atoms with Crippen LogP contribution in [0.2, 0.25) is 0 Å². The van der Waals surface area contributed by atoms with Crippen molar-refractivity contribution in [1.29, 1.82) is 0 Å². The topological polar surface area (TPSA) is 80.4 Å². The van der Waals surface area contributed by atoms with Gasteiger partial charge in [0.25, 0.3) is 11.8 Å². The molecule has 0 bridgehead atoms. The number of hydrogen-bond acceptors (Lipinski definition) is 4. The lowest BCUT2D eigenvalue weighted by atomic mass is 10.0. The van der Waals surface area contributed by atoms with Crippen LogP contribution in [0.4, 0.5) is 0 Å². The molecule has 2 amide bonds. The Morgan fingerprint density at radius 1 is 1.11 bits per heavy atom. The van der Waals surface area contributed by atoms with Crippen LogP contribution in [0.3, 0.4) is 0 Å². The van der Waals surface area contributed by atoms with E-state index < -0.39 is 0 Å². The molecular formula is C21H22N4O3. The van der Waals surface area contributed by atoms with Gasteiger partial charge in [-0.3, -0.25) is 9.59 Å². The molecule has 0 saturated carbocycles. The fraction of sp³-hybridized carbons (Fsp3) is 0.286. The Kier molecular flexibility index (Phi) is 4.97. The van der Waals surface area contributed by atoms with E-state index in [1.807, 2.05) is 53.4 Å². The molecular weight excluding hydrogens is 356 g/mol. The molecule has 0 atom stereocenters. The van der Waals surface area contributed by atoms with E-state index in [0.717, 1.165) is 18.5 Å². The summed E-state index contributed by atoms with van der Waals surface area (Å²) in [6, 6.07) is 13.1. The Bertz CT molecular complexity index is 952. The number of amides is 2. The van der Waals surface area contributed by atoms with Crippen molar-refractivity contribution >= 4 is 11.8 Å². The average Bonchev–Trinajstić information content (AvgIpc) is 3.40. The molecule has 1 aromatic carbocycles.